The molecule has 5 heteroatoms. The molecule has 2 rings (SSSR count). The van der Waals surface area contributed by atoms with Gasteiger partial charge in [-0.05, 0) is 31.7 Å². The van der Waals surface area contributed by atoms with E-state index in [1.54, 1.807) is 17.2 Å². The molecule has 0 atom stereocenters. The fourth-order valence-electron chi connectivity index (χ4n) is 1.83. The van der Waals surface area contributed by atoms with Gasteiger partial charge in [-0.25, -0.2) is 0 Å². The van der Waals surface area contributed by atoms with Gasteiger partial charge < -0.3 is 10.3 Å². The van der Waals surface area contributed by atoms with Crippen LogP contribution in [0, 0.1) is 12.8 Å². The number of rotatable bonds is 4. The van der Waals surface area contributed by atoms with E-state index in [1.165, 1.54) is 12.8 Å². The predicted molar refractivity (Wildman–Crippen MR) is 66.5 cm³/mol. The number of nitrogen functional groups attached to an aromatic ring is 1. The van der Waals surface area contributed by atoms with Gasteiger partial charge in [-0.15, -0.1) is 0 Å². The van der Waals surface area contributed by atoms with Crippen LogP contribution in [-0.2, 0) is 0 Å². The lowest BCUT2D eigenvalue weighted by atomic mass is 10.2. The Bertz CT molecular complexity index is 429. The topological polar surface area (TPSA) is 71.2 Å². The number of anilines is 1. The summed E-state index contributed by atoms with van der Waals surface area (Å²) in [5, 5.41) is 0. The molecule has 1 heterocycles. The van der Waals surface area contributed by atoms with E-state index >= 15 is 0 Å². The van der Waals surface area contributed by atoms with Crippen molar-refractivity contribution in [2.75, 3.05) is 19.0 Å². The smallest absolute Gasteiger partial charge is 0.257 e. The second-order valence-electron chi connectivity index (χ2n) is 4.64. The maximum absolute atomic E-state index is 12.2. The molecule has 1 aromatic rings. The number of aromatic nitrogens is 1. The summed E-state index contributed by atoms with van der Waals surface area (Å²) in [5.74, 6) is 6.07. The van der Waals surface area contributed by atoms with Crippen molar-refractivity contribution < 1.29 is 4.79 Å². The average molecular weight is 234 g/mol. The van der Waals surface area contributed by atoms with Gasteiger partial charge in [0.25, 0.3) is 5.91 Å². The Morgan fingerprint density at radius 1 is 1.65 bits per heavy atom. The minimum absolute atomic E-state index is 0.0302. The molecule has 17 heavy (non-hydrogen) atoms. The van der Waals surface area contributed by atoms with Crippen molar-refractivity contribution in [2.45, 2.75) is 19.8 Å². The van der Waals surface area contributed by atoms with E-state index in [2.05, 4.69) is 10.4 Å². The number of aryl methyl sites for hydroxylation is 1. The van der Waals surface area contributed by atoms with Crippen LogP contribution in [0.15, 0.2) is 12.3 Å². The molecule has 92 valence electrons. The molecular formula is C12H18N4O. The summed E-state index contributed by atoms with van der Waals surface area (Å²) in [6, 6.07) is 1.78. The van der Waals surface area contributed by atoms with Crippen LogP contribution < -0.4 is 11.3 Å². The van der Waals surface area contributed by atoms with Crippen LogP contribution in [0.3, 0.4) is 0 Å². The highest BCUT2D eigenvalue weighted by Gasteiger charge is 2.26. The number of hydrogen-bond donors (Lipinski definition) is 2. The molecule has 3 N–H and O–H groups in total. The van der Waals surface area contributed by atoms with E-state index in [9.17, 15) is 4.79 Å². The number of nitrogens with one attached hydrogen (secondary N) is 1. The Morgan fingerprint density at radius 3 is 2.94 bits per heavy atom. The van der Waals surface area contributed by atoms with Crippen molar-refractivity contribution in [3.8, 4) is 0 Å². The third-order valence-electron chi connectivity index (χ3n) is 3.00. The van der Waals surface area contributed by atoms with Gasteiger partial charge in [0.1, 0.15) is 0 Å². The SMILES string of the molecule is Cc1cc(NN)c(C(=O)N(C)CC2CC2)cn1. The van der Waals surface area contributed by atoms with Gasteiger partial charge in [-0.1, -0.05) is 0 Å². The molecule has 0 saturated heterocycles. The summed E-state index contributed by atoms with van der Waals surface area (Å²) in [7, 11) is 1.82. The van der Waals surface area contributed by atoms with E-state index < -0.39 is 0 Å². The summed E-state index contributed by atoms with van der Waals surface area (Å²) in [6.45, 7) is 2.68. The van der Waals surface area contributed by atoms with Crippen LogP contribution in [0.4, 0.5) is 5.69 Å². The number of hydrogen-bond acceptors (Lipinski definition) is 4. The van der Waals surface area contributed by atoms with Gasteiger partial charge in [0.05, 0.1) is 11.3 Å². The van der Waals surface area contributed by atoms with Crippen molar-refractivity contribution in [1.82, 2.24) is 9.88 Å². The van der Waals surface area contributed by atoms with Gasteiger partial charge in [-0.3, -0.25) is 15.6 Å². The first-order valence-electron chi connectivity index (χ1n) is 5.80. The molecule has 0 spiro atoms. The predicted octanol–water partition coefficient (Wildman–Crippen LogP) is 1.16. The van der Waals surface area contributed by atoms with Gasteiger partial charge in [0.2, 0.25) is 0 Å². The zero-order valence-electron chi connectivity index (χ0n) is 10.2. The van der Waals surface area contributed by atoms with Crippen LogP contribution in [-0.4, -0.2) is 29.4 Å². The summed E-state index contributed by atoms with van der Waals surface area (Å²) in [4.78, 5) is 18.1. The number of pyridine rings is 1. The molecule has 1 amide bonds. The lowest BCUT2D eigenvalue weighted by molar-refractivity contribution is 0.0789. The number of carbonyl (C=O) groups is 1. The third kappa shape index (κ3) is 2.74. The Kier molecular flexibility index (Phi) is 3.28. The molecule has 1 saturated carbocycles. The summed E-state index contributed by atoms with van der Waals surface area (Å²) in [5.41, 5.74) is 4.55. The second-order valence-corrected chi connectivity index (χ2v) is 4.64. The summed E-state index contributed by atoms with van der Waals surface area (Å²) >= 11 is 0. The summed E-state index contributed by atoms with van der Waals surface area (Å²) in [6.07, 6.45) is 4.04. The van der Waals surface area contributed by atoms with Crippen molar-refractivity contribution in [3.05, 3.63) is 23.5 Å². The van der Waals surface area contributed by atoms with Crippen LogP contribution >= 0.6 is 0 Å². The highest BCUT2D eigenvalue weighted by Crippen LogP contribution is 2.30. The normalized spacial score (nSPS) is 14.5. The molecule has 5 nitrogen and oxygen atoms in total. The zero-order valence-corrected chi connectivity index (χ0v) is 10.2. The lowest BCUT2D eigenvalue weighted by Gasteiger charge is -2.18. The average Bonchev–Trinajstić information content (AvgIpc) is 3.11. The Balaban J connectivity index is 2.16. The molecule has 1 fully saturated rings. The lowest BCUT2D eigenvalue weighted by Crippen LogP contribution is -2.30. The fraction of sp³-hybridized carbons (Fsp3) is 0.500. The molecule has 1 aromatic heterocycles. The quantitative estimate of drug-likeness (QED) is 0.605. The van der Waals surface area contributed by atoms with E-state index in [4.69, 9.17) is 5.84 Å². The monoisotopic (exact) mass is 234 g/mol. The van der Waals surface area contributed by atoms with Gasteiger partial charge in [0, 0.05) is 25.5 Å². The summed E-state index contributed by atoms with van der Waals surface area (Å²) < 4.78 is 0. The molecular weight excluding hydrogens is 216 g/mol. The van der Waals surface area contributed by atoms with Crippen LogP contribution in [0.25, 0.3) is 0 Å². The highest BCUT2D eigenvalue weighted by atomic mass is 16.2. The fourth-order valence-corrected chi connectivity index (χ4v) is 1.83. The molecule has 0 bridgehead atoms. The van der Waals surface area contributed by atoms with Crippen molar-refractivity contribution >= 4 is 11.6 Å². The van der Waals surface area contributed by atoms with Gasteiger partial charge in [-0.2, -0.15) is 0 Å². The Hall–Kier alpha value is -1.62. The minimum Gasteiger partial charge on any atom is -0.341 e. The first-order chi connectivity index (χ1) is 8.11. The number of carbonyl (C=O) groups excluding carboxylic acids is 1. The van der Waals surface area contributed by atoms with Crippen LogP contribution in [0.2, 0.25) is 0 Å². The second kappa shape index (κ2) is 4.71. The first kappa shape index (κ1) is 11.9. The molecule has 0 aliphatic heterocycles. The van der Waals surface area contributed by atoms with E-state index in [0.29, 0.717) is 17.2 Å². The van der Waals surface area contributed by atoms with E-state index in [0.717, 1.165) is 12.2 Å². The minimum atomic E-state index is -0.0302. The Labute approximate surface area is 101 Å². The number of amides is 1. The van der Waals surface area contributed by atoms with E-state index in [1.807, 2.05) is 14.0 Å². The van der Waals surface area contributed by atoms with Crippen molar-refractivity contribution in [2.24, 2.45) is 11.8 Å². The maximum Gasteiger partial charge on any atom is 0.257 e. The maximum atomic E-state index is 12.2. The van der Waals surface area contributed by atoms with Gasteiger partial charge >= 0.3 is 0 Å². The molecule has 0 unspecified atom stereocenters. The number of nitrogens with two attached hydrogens (primary N) is 1. The van der Waals surface area contributed by atoms with E-state index in [-0.39, 0.29) is 5.91 Å². The number of hydrazine groups is 1. The zero-order chi connectivity index (χ0) is 12.4. The molecule has 1 aliphatic rings. The van der Waals surface area contributed by atoms with Crippen LogP contribution in [0.5, 0.6) is 0 Å². The third-order valence-corrected chi connectivity index (χ3v) is 3.00. The standard InChI is InChI=1S/C12H18N4O/c1-8-5-11(15-13)10(6-14-8)12(17)16(2)7-9-3-4-9/h5-6,9H,3-4,7,13H2,1-2H3,(H,14,15). The van der Waals surface area contributed by atoms with Crippen molar-refractivity contribution in [3.63, 3.8) is 0 Å². The Morgan fingerprint density at radius 2 is 2.35 bits per heavy atom. The molecule has 1 aliphatic carbocycles. The molecule has 0 aromatic carbocycles. The number of nitrogens with zero attached hydrogens (tertiary/aromatic N) is 2. The van der Waals surface area contributed by atoms with Crippen LogP contribution in [0.1, 0.15) is 28.9 Å². The van der Waals surface area contributed by atoms with Crippen molar-refractivity contribution in [1.29, 1.82) is 0 Å². The highest BCUT2D eigenvalue weighted by molar-refractivity contribution is 5.99. The van der Waals surface area contributed by atoms with Gasteiger partial charge in [0.15, 0.2) is 0 Å². The molecule has 0 radical (unpaired) electrons. The largest absolute Gasteiger partial charge is 0.341 e. The first-order valence-corrected chi connectivity index (χ1v) is 5.80.